The number of methoxy groups -OCH3 is 1. The van der Waals surface area contributed by atoms with Gasteiger partial charge in [-0.15, -0.1) is 0 Å². The summed E-state index contributed by atoms with van der Waals surface area (Å²) < 4.78 is 78.1. The summed E-state index contributed by atoms with van der Waals surface area (Å²) in [5.41, 5.74) is 5.61. The highest BCUT2D eigenvalue weighted by Crippen LogP contribution is 2.58. The third-order valence-electron chi connectivity index (χ3n) is 16.5. The van der Waals surface area contributed by atoms with Gasteiger partial charge in [-0.3, -0.25) is 34.1 Å². The molecule has 9 rings (SSSR count). The minimum Gasteiger partial charge on any atom is -0.465 e. The van der Waals surface area contributed by atoms with Gasteiger partial charge < -0.3 is 33.8 Å². The monoisotopic (exact) mass is 1080 g/mol. The zero-order valence-corrected chi connectivity index (χ0v) is 46.2. The third-order valence-corrected chi connectivity index (χ3v) is 18.5. The van der Waals surface area contributed by atoms with Crippen molar-refractivity contribution < 1.29 is 55.7 Å². The zero-order chi connectivity index (χ0) is 55.5. The van der Waals surface area contributed by atoms with Crippen LogP contribution in [-0.4, -0.2) is 152 Å². The molecule has 0 saturated carbocycles. The van der Waals surface area contributed by atoms with Gasteiger partial charge in [-0.05, 0) is 122 Å². The molecule has 4 aromatic rings. The summed E-state index contributed by atoms with van der Waals surface area (Å²) in [6.07, 6.45) is -3.01. The van der Waals surface area contributed by atoms with Crippen LogP contribution in [-0.2, 0) is 57.8 Å². The third kappa shape index (κ3) is 11.1. The number of hydrogen-bond acceptors (Lipinski definition) is 11. The number of halogens is 4. The Kier molecular flexibility index (Phi) is 15.7. The molecule has 3 amide bonds. The van der Waals surface area contributed by atoms with Gasteiger partial charge in [-0.25, -0.2) is 9.82 Å². The maximum Gasteiger partial charge on any atom is 0.406 e. The van der Waals surface area contributed by atoms with Crippen molar-refractivity contribution in [2.45, 2.75) is 119 Å². The fourth-order valence-corrected chi connectivity index (χ4v) is 13.2. The number of amides is 3. The van der Waals surface area contributed by atoms with Gasteiger partial charge in [0, 0.05) is 65.0 Å². The molecule has 5 aliphatic rings. The van der Waals surface area contributed by atoms with Gasteiger partial charge in [0.15, 0.2) is 0 Å². The summed E-state index contributed by atoms with van der Waals surface area (Å²) in [5.74, 6) is 1.51. The Hall–Kier alpha value is -5.67. The van der Waals surface area contributed by atoms with E-state index in [0.29, 0.717) is 81.5 Å². The summed E-state index contributed by atoms with van der Waals surface area (Å²) in [6.45, 7) is 9.81. The van der Waals surface area contributed by atoms with E-state index in [1.54, 1.807) is 47.5 Å². The van der Waals surface area contributed by atoms with Gasteiger partial charge in [-0.2, -0.15) is 13.2 Å². The van der Waals surface area contributed by atoms with Crippen LogP contribution in [0.2, 0.25) is 4.28 Å². The van der Waals surface area contributed by atoms with E-state index in [2.05, 4.69) is 27.6 Å². The van der Waals surface area contributed by atoms with E-state index in [4.69, 9.17) is 14.2 Å². The fraction of sp³-hybridized carbons (Fsp3) is 0.544. The normalized spacial score (nSPS) is 24.7. The molecule has 3 unspecified atom stereocenters. The Bertz CT molecular complexity index is 3040. The van der Waals surface area contributed by atoms with E-state index in [9.17, 15) is 32.3 Å². The minimum atomic E-state index is -4.63. The number of rotatable bonds is 11. The lowest BCUT2D eigenvalue weighted by Crippen LogP contribution is -2.55. The van der Waals surface area contributed by atoms with Crippen molar-refractivity contribution in [1.82, 2.24) is 35.1 Å². The molecule has 6 heterocycles. The van der Waals surface area contributed by atoms with Crippen LogP contribution in [0.3, 0.4) is 0 Å². The van der Waals surface area contributed by atoms with Crippen molar-refractivity contribution in [3.8, 4) is 34.2 Å². The molecule has 1 spiro atoms. The average molecular weight is 1080 g/mol. The van der Waals surface area contributed by atoms with Crippen LogP contribution < -0.4 is 10.7 Å². The zero-order valence-electron chi connectivity index (χ0n) is 45.1. The van der Waals surface area contributed by atoms with E-state index in [-0.39, 0.29) is 62.3 Å². The molecule has 3 saturated heterocycles. The standard InChI is InChI=1S/C57H67F4N7O8.Al/c1-33(2)43(30-75-39-27-66(28-39)46(70)16-17-56(5,6)65(7)8)52(71)63-26-38-22-34-20-35(25-58)23-37(21-34)36-14-15-45-42(24-36)47-48(51(74-9)49-41(12-10-18-62-49)50(47)67(45)31-57(59,60)61)55(3,4)32-76-54(73)40-13-11-19-68(53(38)72)64-44(40)29-69;/h10,12,14-15,18,20-21,23-24,26,29,33,39-40,43-44,48,51,64H,11,13,19,22,25,27-28,30-32H2,1-9H3,(H,63,71);/t40-,43+,44?,48?,51+;/m1./s1. The van der Waals surface area contributed by atoms with E-state index in [1.807, 2.05) is 72.7 Å². The van der Waals surface area contributed by atoms with Gasteiger partial charge in [0.05, 0.1) is 54.1 Å². The largest absolute Gasteiger partial charge is 0.465 e. The number of alkyl halides is 4. The summed E-state index contributed by atoms with van der Waals surface area (Å²) in [5, 5.41) is 5.07. The van der Waals surface area contributed by atoms with Crippen LogP contribution >= 0.6 is 0 Å². The van der Waals surface area contributed by atoms with Gasteiger partial charge in [0.1, 0.15) is 25.6 Å². The molecule has 4 aliphatic heterocycles. The van der Waals surface area contributed by atoms with Crippen LogP contribution in [0.25, 0.3) is 33.3 Å². The molecule has 1 aliphatic carbocycles. The Morgan fingerprint density at radius 2 is 1.84 bits per heavy atom. The molecule has 2 aromatic carbocycles. The van der Waals surface area contributed by atoms with Crippen LogP contribution in [0, 0.1) is 35.0 Å². The number of ether oxygens (including phenoxy) is 3. The average Bonchev–Trinajstić information content (AvgIpc) is 4.09. The summed E-state index contributed by atoms with van der Waals surface area (Å²) in [4.78, 5) is 77.5. The van der Waals surface area contributed by atoms with Crippen molar-refractivity contribution in [2.24, 2.45) is 23.2 Å². The number of benzene rings is 2. The molecule has 7 atom stereocenters. The number of aldehydes is 1. The number of aromatic nitrogens is 2. The molecule has 1 radical (unpaired) electrons. The van der Waals surface area contributed by atoms with Gasteiger partial charge >= 0.3 is 12.1 Å². The van der Waals surface area contributed by atoms with Gasteiger partial charge in [-0.1, -0.05) is 51.8 Å². The molecule has 3 fully saturated rings. The number of nitrogens with zero attached hydrogens (tertiary/aromatic N) is 5. The maximum absolute atomic E-state index is 15.3. The van der Waals surface area contributed by atoms with Crippen molar-refractivity contribution in [1.29, 1.82) is 0 Å². The SMILES string of the molecule is CO[C@@H]1c2ncccc2-c2c3c4cc(ccc4n2CC(F)(F)F)-c2cc(CF)cc(c2)C[C@@]2([Al][CH]2NC(=O)[C@@H](COC2CN(C(=O)C#CC(C)(C)N(C)C)C2)C(C)C)C(=O)N2CCC[C@@H](C(=O)OCC(C)(C)C31)C(C=O)N2. The van der Waals surface area contributed by atoms with Crippen LogP contribution in [0.5, 0.6) is 0 Å². The Labute approximate surface area is 452 Å². The highest BCUT2D eigenvalue weighted by atomic mass is 27.1. The second kappa shape index (κ2) is 21.5. The lowest BCUT2D eigenvalue weighted by atomic mass is 9.67. The summed E-state index contributed by atoms with van der Waals surface area (Å²) >= 11 is -0.829. The summed E-state index contributed by atoms with van der Waals surface area (Å²) in [6, 6.07) is 12.6. The number of carbonyl (C=O) groups excluding carboxylic acids is 5. The van der Waals surface area contributed by atoms with E-state index >= 15 is 9.18 Å². The number of pyridine rings is 1. The molecule has 2 aromatic heterocycles. The predicted octanol–water partition coefficient (Wildman–Crippen LogP) is 6.79. The summed E-state index contributed by atoms with van der Waals surface area (Å²) in [7, 11) is 5.29. The number of carbonyl (C=O) groups is 5. The van der Waals surface area contributed by atoms with E-state index in [0.717, 1.165) is 0 Å². The van der Waals surface area contributed by atoms with Crippen LogP contribution in [0.15, 0.2) is 54.7 Å². The molecule has 2 N–H and O–H groups in total. The van der Waals surface area contributed by atoms with Crippen molar-refractivity contribution >= 4 is 56.1 Å². The van der Waals surface area contributed by atoms with Crippen LogP contribution in [0.1, 0.15) is 88.8 Å². The Morgan fingerprint density at radius 1 is 1.09 bits per heavy atom. The molecule has 15 nitrogen and oxygen atoms in total. The molecule has 6 bridgehead atoms. The number of nitrogens with one attached hydrogen (secondary N) is 2. The lowest BCUT2D eigenvalue weighted by molar-refractivity contribution is -0.156. The Balaban J connectivity index is 1.09. The van der Waals surface area contributed by atoms with Gasteiger partial charge in [0.25, 0.3) is 21.1 Å². The second-order valence-corrected chi connectivity index (χ2v) is 25.2. The maximum atomic E-state index is 15.3. The quantitative estimate of drug-likeness (QED) is 0.0535. The number of likely N-dealkylation sites (tertiary alicyclic amines) is 1. The highest BCUT2D eigenvalue weighted by molar-refractivity contribution is 6.64. The molecule has 20 heteroatoms. The first-order chi connectivity index (χ1) is 36.4. The predicted molar refractivity (Wildman–Crippen MR) is 280 cm³/mol. The fourth-order valence-electron chi connectivity index (χ4n) is 11.4. The minimum absolute atomic E-state index is 0.0627. The first kappa shape index (κ1) is 56.1. The highest BCUT2D eigenvalue weighted by Gasteiger charge is 2.63. The van der Waals surface area contributed by atoms with Crippen molar-refractivity contribution in [3.63, 3.8) is 0 Å². The molecular formula is C57H67AlF4N7O8. The first-order valence-electron chi connectivity index (χ1n) is 26.3. The topological polar surface area (TPSA) is 165 Å². The van der Waals surface area contributed by atoms with Gasteiger partial charge in [0.2, 0.25) is 11.8 Å². The van der Waals surface area contributed by atoms with Crippen molar-refractivity contribution in [2.75, 3.05) is 54.1 Å². The Morgan fingerprint density at radius 3 is 2.52 bits per heavy atom. The number of hydrogen-bond donors (Lipinski definition) is 2. The number of hydrazine groups is 1. The van der Waals surface area contributed by atoms with E-state index in [1.165, 1.54) is 16.7 Å². The second-order valence-electron chi connectivity index (χ2n) is 23.1. The number of esters is 1. The first-order valence-corrected chi connectivity index (χ1v) is 27.5. The molecule has 77 heavy (non-hydrogen) atoms. The van der Waals surface area contributed by atoms with Crippen molar-refractivity contribution in [3.05, 3.63) is 77.1 Å². The van der Waals surface area contributed by atoms with E-state index < -0.39 is 90.6 Å². The lowest BCUT2D eigenvalue weighted by Gasteiger charge is -2.42. The molecular weight excluding hydrogens is 1010 g/mol. The number of fused-ring (bicyclic) bond motifs is 9. The van der Waals surface area contributed by atoms with Crippen LogP contribution in [0.4, 0.5) is 17.6 Å². The smallest absolute Gasteiger partial charge is 0.406 e. The molecule has 409 valence electrons. The number of cyclic esters (lactones) is 1.